The number of alkyl halides is 1. The summed E-state index contributed by atoms with van der Waals surface area (Å²) in [6.45, 7) is 21.9. The molecule has 1 aliphatic heterocycles. The van der Waals surface area contributed by atoms with Gasteiger partial charge in [-0.1, -0.05) is 60.1 Å². The van der Waals surface area contributed by atoms with Crippen molar-refractivity contribution in [3.63, 3.8) is 0 Å². The Bertz CT molecular complexity index is 943. The minimum Gasteiger partial charge on any atom is -0.414 e. The molecule has 2 unspecified atom stereocenters. The van der Waals surface area contributed by atoms with E-state index in [1.165, 1.54) is 38.5 Å². The molecule has 5 aliphatic rings. The van der Waals surface area contributed by atoms with Gasteiger partial charge in [0.15, 0.2) is 14.1 Å². The fourth-order valence-electron chi connectivity index (χ4n) is 10.1. The fraction of sp³-hybridized carbons (Fsp3) is 0.941. The van der Waals surface area contributed by atoms with Crippen molar-refractivity contribution in [3.8, 4) is 0 Å². The first-order valence-electron chi connectivity index (χ1n) is 16.3. The summed E-state index contributed by atoms with van der Waals surface area (Å²) >= 11 is 6.16. The predicted molar refractivity (Wildman–Crippen MR) is 166 cm³/mol. The number of hydrogen-bond donors (Lipinski definition) is 0. The molecular formula is C34H59ClO3Si. The van der Waals surface area contributed by atoms with Crippen LogP contribution in [0.4, 0.5) is 0 Å². The molecule has 0 spiro atoms. The summed E-state index contributed by atoms with van der Waals surface area (Å²) in [7, 11) is 0.131. The van der Waals surface area contributed by atoms with Crippen molar-refractivity contribution in [2.45, 2.75) is 142 Å². The highest BCUT2D eigenvalue weighted by atomic mass is 35.5. The lowest BCUT2D eigenvalue weighted by atomic mass is 9.47. The van der Waals surface area contributed by atoms with E-state index in [9.17, 15) is 0 Å². The van der Waals surface area contributed by atoms with Crippen molar-refractivity contribution >= 4 is 19.9 Å². The molecule has 3 saturated carbocycles. The summed E-state index contributed by atoms with van der Waals surface area (Å²) in [5.74, 6) is 4.17. The smallest absolute Gasteiger partial charge is 0.192 e. The Morgan fingerprint density at radius 2 is 1.87 bits per heavy atom. The fourth-order valence-corrected chi connectivity index (χ4v) is 11.7. The molecule has 224 valence electrons. The van der Waals surface area contributed by atoms with Crippen LogP contribution in [0.2, 0.25) is 18.1 Å². The lowest BCUT2D eigenvalue weighted by molar-refractivity contribution is -0.238. The van der Waals surface area contributed by atoms with Gasteiger partial charge >= 0.3 is 0 Å². The highest BCUT2D eigenvalue weighted by Crippen LogP contribution is 2.70. The van der Waals surface area contributed by atoms with Gasteiger partial charge in [0.25, 0.3) is 0 Å². The third-order valence-electron chi connectivity index (χ3n) is 13.6. The van der Waals surface area contributed by atoms with Gasteiger partial charge in [0, 0.05) is 31.4 Å². The van der Waals surface area contributed by atoms with E-state index in [1.807, 2.05) is 7.11 Å². The van der Waals surface area contributed by atoms with Crippen molar-refractivity contribution in [1.29, 1.82) is 0 Å². The van der Waals surface area contributed by atoms with Crippen LogP contribution >= 0.6 is 11.6 Å². The summed E-state index contributed by atoms with van der Waals surface area (Å²) in [6, 6.07) is 0. The molecule has 0 amide bonds. The van der Waals surface area contributed by atoms with E-state index >= 15 is 0 Å². The van der Waals surface area contributed by atoms with Crippen molar-refractivity contribution in [2.75, 3.05) is 13.0 Å². The molecule has 11 atom stereocenters. The lowest BCUT2D eigenvalue weighted by Crippen LogP contribution is -2.52. The Morgan fingerprint density at radius 1 is 1.15 bits per heavy atom. The summed E-state index contributed by atoms with van der Waals surface area (Å²) in [5.41, 5.74) is 2.45. The predicted octanol–water partition coefficient (Wildman–Crippen LogP) is 9.60. The summed E-state index contributed by atoms with van der Waals surface area (Å²) in [5, 5.41) is 0.274. The molecule has 5 heteroatoms. The van der Waals surface area contributed by atoms with Crippen molar-refractivity contribution < 1.29 is 13.9 Å². The van der Waals surface area contributed by atoms with E-state index in [0.29, 0.717) is 46.7 Å². The summed E-state index contributed by atoms with van der Waals surface area (Å²) in [4.78, 5) is 0. The third kappa shape index (κ3) is 4.87. The number of hydrogen-bond acceptors (Lipinski definition) is 3. The molecule has 39 heavy (non-hydrogen) atoms. The molecule has 0 bridgehead atoms. The van der Waals surface area contributed by atoms with Crippen LogP contribution in [-0.2, 0) is 13.9 Å². The Labute approximate surface area is 246 Å². The second-order valence-electron chi connectivity index (χ2n) is 16.6. The zero-order valence-electron chi connectivity index (χ0n) is 26.9. The Kier molecular flexibility index (Phi) is 8.15. The van der Waals surface area contributed by atoms with E-state index in [4.69, 9.17) is 25.5 Å². The van der Waals surface area contributed by atoms with E-state index in [0.717, 1.165) is 37.0 Å². The van der Waals surface area contributed by atoms with Gasteiger partial charge in [-0.15, -0.1) is 11.6 Å². The molecule has 0 aromatic carbocycles. The van der Waals surface area contributed by atoms with Gasteiger partial charge in [-0.2, -0.15) is 0 Å². The first kappa shape index (κ1) is 30.6. The second-order valence-corrected chi connectivity index (χ2v) is 21.6. The standard InChI is InChI=1S/C34H59ClO3Si/c1-22(21-35)13-18-34(36-8)23(2)30-29(37-34)20-28-26-12-11-24-19-25(38-39(9,10)31(3,4)5)14-16-32(24,6)27(26)15-17-33(28,30)7/h11,22-23,25-30H,12-21H2,1-10H3/t22?,23-,25-,26+,27-,28-,29-,30-,32-,33-,34?/m0/s1. The highest BCUT2D eigenvalue weighted by molar-refractivity contribution is 6.74. The maximum Gasteiger partial charge on any atom is 0.192 e. The molecule has 4 fully saturated rings. The maximum absolute atomic E-state index is 6.99. The van der Waals surface area contributed by atoms with Crippen LogP contribution in [0.15, 0.2) is 11.6 Å². The van der Waals surface area contributed by atoms with Crippen LogP contribution in [0.3, 0.4) is 0 Å². The number of rotatable bonds is 7. The van der Waals surface area contributed by atoms with Crippen molar-refractivity contribution in [3.05, 3.63) is 11.6 Å². The van der Waals surface area contributed by atoms with Crippen LogP contribution in [-0.4, -0.2) is 39.3 Å². The van der Waals surface area contributed by atoms with E-state index in [1.54, 1.807) is 5.57 Å². The van der Waals surface area contributed by atoms with Gasteiger partial charge in [0.2, 0.25) is 0 Å². The number of ether oxygens (including phenoxy) is 2. The first-order chi connectivity index (χ1) is 18.1. The molecule has 3 nitrogen and oxygen atoms in total. The lowest BCUT2D eigenvalue weighted by Gasteiger charge is -2.59. The molecule has 4 aliphatic carbocycles. The second kappa shape index (κ2) is 10.4. The highest BCUT2D eigenvalue weighted by Gasteiger charge is 2.68. The Balaban J connectivity index is 1.32. The molecule has 0 aromatic rings. The third-order valence-corrected chi connectivity index (χ3v) is 18.7. The van der Waals surface area contributed by atoms with Gasteiger partial charge in [-0.25, -0.2) is 0 Å². The molecule has 0 N–H and O–H groups in total. The van der Waals surface area contributed by atoms with E-state index in [2.05, 4.69) is 67.6 Å². The normalized spacial score (nSPS) is 46.6. The first-order valence-corrected chi connectivity index (χ1v) is 19.7. The number of fused-ring (bicyclic) bond motifs is 7. The van der Waals surface area contributed by atoms with E-state index < -0.39 is 14.1 Å². The van der Waals surface area contributed by atoms with Crippen LogP contribution < -0.4 is 0 Å². The molecule has 1 heterocycles. The molecular weight excluding hydrogens is 520 g/mol. The molecule has 0 radical (unpaired) electrons. The zero-order chi connectivity index (χ0) is 28.6. The SMILES string of the molecule is COC1(CCC(C)CCl)O[C@H]2C[C@H]3[C@@H]4CC=C5C[C@@H](O[Si](C)(C)C(C)(C)C)CC[C@]5(C)[C@H]4CC[C@]3(C)[C@H]2[C@@H]1C. The summed E-state index contributed by atoms with van der Waals surface area (Å²) < 4.78 is 20.2. The average molecular weight is 579 g/mol. The quantitative estimate of drug-likeness (QED) is 0.171. The number of methoxy groups -OCH3 is 1. The van der Waals surface area contributed by atoms with Crippen LogP contribution in [0, 0.1) is 46.3 Å². The molecule has 5 rings (SSSR count). The van der Waals surface area contributed by atoms with Gasteiger partial charge in [-0.05, 0) is 110 Å². The molecule has 1 saturated heterocycles. The average Bonchev–Trinajstić information content (AvgIpc) is 3.32. The monoisotopic (exact) mass is 578 g/mol. The van der Waals surface area contributed by atoms with Crippen LogP contribution in [0.1, 0.15) is 106 Å². The number of halogens is 1. The molecule has 0 aromatic heterocycles. The van der Waals surface area contributed by atoms with Gasteiger partial charge < -0.3 is 13.9 Å². The van der Waals surface area contributed by atoms with Gasteiger partial charge in [-0.3, -0.25) is 0 Å². The minimum atomic E-state index is -1.74. The van der Waals surface area contributed by atoms with Crippen molar-refractivity contribution in [2.24, 2.45) is 46.3 Å². The summed E-state index contributed by atoms with van der Waals surface area (Å²) in [6.07, 6.45) is 14.4. The largest absolute Gasteiger partial charge is 0.414 e. The zero-order valence-corrected chi connectivity index (χ0v) is 28.6. The Morgan fingerprint density at radius 3 is 2.51 bits per heavy atom. The Hall–Kier alpha value is 0.127. The number of allylic oxidation sites excluding steroid dienone is 1. The van der Waals surface area contributed by atoms with Crippen LogP contribution in [0.5, 0.6) is 0 Å². The van der Waals surface area contributed by atoms with Crippen LogP contribution in [0.25, 0.3) is 0 Å². The minimum absolute atomic E-state index is 0.274. The van der Waals surface area contributed by atoms with E-state index in [-0.39, 0.29) is 5.04 Å². The van der Waals surface area contributed by atoms with Gasteiger partial charge in [0.05, 0.1) is 6.10 Å². The maximum atomic E-state index is 6.99. The van der Waals surface area contributed by atoms with Gasteiger partial charge in [0.1, 0.15) is 0 Å². The topological polar surface area (TPSA) is 27.7 Å². The van der Waals surface area contributed by atoms with Crippen molar-refractivity contribution in [1.82, 2.24) is 0 Å².